The van der Waals surface area contributed by atoms with E-state index in [1.54, 1.807) is 11.8 Å². The molecule has 1 aromatic heterocycles. The van der Waals surface area contributed by atoms with E-state index >= 15 is 0 Å². The summed E-state index contributed by atoms with van der Waals surface area (Å²) in [7, 11) is 0. The second-order valence-electron chi connectivity index (χ2n) is 3.49. The lowest BCUT2D eigenvalue weighted by Gasteiger charge is -2.13. The zero-order chi connectivity index (χ0) is 10.1. The van der Waals surface area contributed by atoms with Gasteiger partial charge in [-0.1, -0.05) is 4.49 Å². The number of hydrogen-bond donors (Lipinski definition) is 1. The van der Waals surface area contributed by atoms with Crippen LogP contribution in [0.3, 0.4) is 0 Å². The first-order valence-corrected chi connectivity index (χ1v) is 5.29. The Morgan fingerprint density at radius 1 is 1.71 bits per heavy atom. The topological polar surface area (TPSA) is 72.1 Å². The molecule has 1 aliphatic rings. The molecule has 0 spiro atoms. The number of nitrogens with two attached hydrogens (primary N) is 1. The highest BCUT2D eigenvalue weighted by Crippen LogP contribution is 2.16. The van der Waals surface area contributed by atoms with E-state index in [1.807, 2.05) is 0 Å². The van der Waals surface area contributed by atoms with E-state index in [1.165, 1.54) is 0 Å². The van der Waals surface area contributed by atoms with Crippen molar-refractivity contribution in [3.05, 3.63) is 10.6 Å². The Balaban J connectivity index is 2.13. The highest BCUT2D eigenvalue weighted by molar-refractivity contribution is 7.07. The van der Waals surface area contributed by atoms with Crippen LogP contribution in [0, 0.1) is 6.92 Å². The number of hydrogen-bond acceptors (Lipinski definition) is 5. The largest absolute Gasteiger partial charge is 0.336 e. The Kier molecular flexibility index (Phi) is 2.47. The molecular weight excluding hydrogens is 200 g/mol. The van der Waals surface area contributed by atoms with Crippen LogP contribution in [0.4, 0.5) is 0 Å². The minimum Gasteiger partial charge on any atom is -0.336 e. The molecule has 1 aromatic rings. The number of carbonyl (C=O) groups excluding carboxylic acids is 1. The van der Waals surface area contributed by atoms with Gasteiger partial charge in [0.2, 0.25) is 0 Å². The molecular formula is C8H12N4OS. The number of carbonyl (C=O) groups is 1. The van der Waals surface area contributed by atoms with Crippen molar-refractivity contribution in [2.24, 2.45) is 5.73 Å². The predicted molar refractivity (Wildman–Crippen MR) is 53.1 cm³/mol. The fourth-order valence-corrected chi connectivity index (χ4v) is 2.17. The molecule has 1 unspecified atom stereocenters. The third-order valence-corrected chi connectivity index (χ3v) is 3.17. The van der Waals surface area contributed by atoms with Gasteiger partial charge in [0.15, 0.2) is 0 Å². The summed E-state index contributed by atoms with van der Waals surface area (Å²) in [5, 5.41) is 3.82. The van der Waals surface area contributed by atoms with Crippen LogP contribution in [-0.4, -0.2) is 39.5 Å². The number of rotatable bonds is 1. The Bertz CT molecular complexity index is 351. The van der Waals surface area contributed by atoms with E-state index in [2.05, 4.69) is 9.59 Å². The molecule has 2 N–H and O–H groups in total. The molecule has 6 heteroatoms. The third kappa shape index (κ3) is 1.62. The summed E-state index contributed by atoms with van der Waals surface area (Å²) < 4.78 is 3.75. The number of nitrogens with zero attached hydrogens (tertiary/aromatic N) is 3. The van der Waals surface area contributed by atoms with Gasteiger partial charge in [-0.15, -0.1) is 5.10 Å². The summed E-state index contributed by atoms with van der Waals surface area (Å²) in [5.41, 5.74) is 6.44. The zero-order valence-corrected chi connectivity index (χ0v) is 8.75. The van der Waals surface area contributed by atoms with Crippen molar-refractivity contribution >= 4 is 17.4 Å². The molecule has 1 saturated heterocycles. The van der Waals surface area contributed by atoms with Gasteiger partial charge in [-0.05, 0) is 24.9 Å². The summed E-state index contributed by atoms with van der Waals surface area (Å²) in [6.07, 6.45) is 0.886. The molecule has 0 saturated carbocycles. The van der Waals surface area contributed by atoms with Gasteiger partial charge in [0.05, 0.1) is 5.69 Å². The molecule has 0 aliphatic carbocycles. The Hall–Kier alpha value is -1.01. The smallest absolute Gasteiger partial charge is 0.267 e. The lowest BCUT2D eigenvalue weighted by molar-refractivity contribution is 0.0794. The van der Waals surface area contributed by atoms with E-state index in [0.29, 0.717) is 17.1 Å². The summed E-state index contributed by atoms with van der Waals surface area (Å²) in [4.78, 5) is 14.3. The molecule has 0 aromatic carbocycles. The fourth-order valence-electron chi connectivity index (χ4n) is 1.54. The van der Waals surface area contributed by atoms with E-state index in [9.17, 15) is 4.79 Å². The van der Waals surface area contributed by atoms with E-state index in [4.69, 9.17) is 5.73 Å². The monoisotopic (exact) mass is 212 g/mol. The van der Waals surface area contributed by atoms with Crippen LogP contribution in [0.1, 0.15) is 21.8 Å². The van der Waals surface area contributed by atoms with Crippen LogP contribution in [0.5, 0.6) is 0 Å². The van der Waals surface area contributed by atoms with Gasteiger partial charge in [0.1, 0.15) is 4.88 Å². The van der Waals surface area contributed by atoms with E-state index in [0.717, 1.165) is 24.5 Å². The summed E-state index contributed by atoms with van der Waals surface area (Å²) in [5.74, 6) is 0.0189. The first-order chi connectivity index (χ1) is 6.68. The van der Waals surface area contributed by atoms with Crippen LogP contribution in [0.25, 0.3) is 0 Å². The van der Waals surface area contributed by atoms with Crippen molar-refractivity contribution in [3.63, 3.8) is 0 Å². The highest BCUT2D eigenvalue weighted by atomic mass is 32.1. The van der Waals surface area contributed by atoms with Crippen LogP contribution in [-0.2, 0) is 0 Å². The number of amides is 1. The molecule has 2 rings (SSSR count). The molecule has 1 atom stereocenters. The molecule has 76 valence electrons. The maximum absolute atomic E-state index is 11.9. The molecule has 5 nitrogen and oxygen atoms in total. The second-order valence-corrected chi connectivity index (χ2v) is 4.24. The number of likely N-dealkylation sites (tertiary alicyclic amines) is 1. The van der Waals surface area contributed by atoms with Crippen molar-refractivity contribution in [2.75, 3.05) is 13.1 Å². The Morgan fingerprint density at radius 3 is 3.00 bits per heavy atom. The lowest BCUT2D eigenvalue weighted by atomic mass is 10.3. The summed E-state index contributed by atoms with van der Waals surface area (Å²) >= 11 is 1.15. The van der Waals surface area contributed by atoms with Crippen molar-refractivity contribution in [1.29, 1.82) is 0 Å². The average Bonchev–Trinajstić information content (AvgIpc) is 2.73. The first-order valence-electron chi connectivity index (χ1n) is 4.52. The molecule has 1 amide bonds. The van der Waals surface area contributed by atoms with Gasteiger partial charge in [0, 0.05) is 19.1 Å². The standard InChI is InChI=1S/C8H12N4OS/c1-5-7(14-11-10-5)8(13)12-3-2-6(9)4-12/h6H,2-4,9H2,1H3. The van der Waals surface area contributed by atoms with Gasteiger partial charge >= 0.3 is 0 Å². The fraction of sp³-hybridized carbons (Fsp3) is 0.625. The summed E-state index contributed by atoms with van der Waals surface area (Å²) in [6.45, 7) is 3.19. The van der Waals surface area contributed by atoms with Crippen molar-refractivity contribution in [2.45, 2.75) is 19.4 Å². The molecule has 1 aliphatic heterocycles. The van der Waals surface area contributed by atoms with E-state index in [-0.39, 0.29) is 11.9 Å². The number of aryl methyl sites for hydroxylation is 1. The highest BCUT2D eigenvalue weighted by Gasteiger charge is 2.26. The normalized spacial score (nSPS) is 21.6. The van der Waals surface area contributed by atoms with Crippen LogP contribution in [0.15, 0.2) is 0 Å². The van der Waals surface area contributed by atoms with Crippen LogP contribution >= 0.6 is 11.5 Å². The maximum atomic E-state index is 11.9. The lowest BCUT2D eigenvalue weighted by Crippen LogP contribution is -2.31. The number of aromatic nitrogens is 2. The van der Waals surface area contributed by atoms with Crippen LogP contribution < -0.4 is 5.73 Å². The van der Waals surface area contributed by atoms with Crippen molar-refractivity contribution in [1.82, 2.24) is 14.5 Å². The molecule has 2 heterocycles. The van der Waals surface area contributed by atoms with Gasteiger partial charge in [-0.3, -0.25) is 4.79 Å². The Labute approximate surface area is 86.1 Å². The van der Waals surface area contributed by atoms with Gasteiger partial charge in [0.25, 0.3) is 5.91 Å². The average molecular weight is 212 g/mol. The minimum atomic E-state index is 0.0189. The van der Waals surface area contributed by atoms with Gasteiger partial charge in [-0.2, -0.15) is 0 Å². The van der Waals surface area contributed by atoms with E-state index < -0.39 is 0 Å². The minimum absolute atomic E-state index is 0.0189. The molecule has 1 fully saturated rings. The summed E-state index contributed by atoms with van der Waals surface area (Å²) in [6, 6.07) is 0.125. The molecule has 0 radical (unpaired) electrons. The maximum Gasteiger partial charge on any atom is 0.267 e. The molecule has 14 heavy (non-hydrogen) atoms. The van der Waals surface area contributed by atoms with Gasteiger partial charge in [-0.25, -0.2) is 0 Å². The zero-order valence-electron chi connectivity index (χ0n) is 7.93. The predicted octanol–water partition coefficient (Wildman–Crippen LogP) is 0.0197. The third-order valence-electron chi connectivity index (χ3n) is 2.36. The first kappa shape index (κ1) is 9.54. The molecule has 0 bridgehead atoms. The van der Waals surface area contributed by atoms with Crippen LogP contribution in [0.2, 0.25) is 0 Å². The quantitative estimate of drug-likeness (QED) is 0.712. The van der Waals surface area contributed by atoms with Crippen molar-refractivity contribution < 1.29 is 4.79 Å². The SMILES string of the molecule is Cc1nnsc1C(=O)N1CCC(N)C1. The van der Waals surface area contributed by atoms with Crippen molar-refractivity contribution in [3.8, 4) is 0 Å². The Morgan fingerprint density at radius 2 is 2.50 bits per heavy atom. The van der Waals surface area contributed by atoms with Gasteiger partial charge < -0.3 is 10.6 Å². The second kappa shape index (κ2) is 3.62.